The molecule has 1 amide bonds. The summed E-state index contributed by atoms with van der Waals surface area (Å²) in [7, 11) is 0. The molecule has 0 fully saturated rings. The van der Waals surface area contributed by atoms with Crippen LogP contribution in [0.5, 0.6) is 11.6 Å². The van der Waals surface area contributed by atoms with E-state index in [0.717, 1.165) is 11.3 Å². The Morgan fingerprint density at radius 3 is 2.55 bits per heavy atom. The van der Waals surface area contributed by atoms with E-state index in [1.807, 2.05) is 50.2 Å². The molecule has 3 N–H and O–H groups in total. The molecule has 0 saturated carbocycles. The van der Waals surface area contributed by atoms with Crippen molar-refractivity contribution in [3.63, 3.8) is 0 Å². The van der Waals surface area contributed by atoms with Crippen molar-refractivity contribution in [3.8, 4) is 11.6 Å². The molecule has 22 heavy (non-hydrogen) atoms. The van der Waals surface area contributed by atoms with E-state index < -0.39 is 0 Å². The van der Waals surface area contributed by atoms with Gasteiger partial charge in [0.15, 0.2) is 0 Å². The van der Waals surface area contributed by atoms with Crippen molar-refractivity contribution in [2.24, 2.45) is 11.7 Å². The van der Waals surface area contributed by atoms with E-state index in [0.29, 0.717) is 12.4 Å². The number of aromatic nitrogens is 1. The predicted octanol–water partition coefficient (Wildman–Crippen LogP) is 2.47. The molecule has 5 nitrogen and oxygen atoms in total. The Labute approximate surface area is 130 Å². The van der Waals surface area contributed by atoms with Crippen LogP contribution in [0.25, 0.3) is 0 Å². The standard InChI is InChI=1S/C17H21N3O2/c1-12(13(2)18)17(21)20-11-14-8-9-16(19-10-14)22-15-6-4-3-5-7-15/h3-10,12-13H,11,18H2,1-2H3,(H,20,21). The summed E-state index contributed by atoms with van der Waals surface area (Å²) in [5.41, 5.74) is 6.62. The third-order valence-electron chi connectivity index (χ3n) is 3.43. The topological polar surface area (TPSA) is 77.2 Å². The van der Waals surface area contributed by atoms with E-state index in [1.54, 1.807) is 12.3 Å². The Bertz CT molecular complexity index is 597. The lowest BCUT2D eigenvalue weighted by Gasteiger charge is -2.15. The summed E-state index contributed by atoms with van der Waals surface area (Å²) in [5, 5.41) is 2.85. The van der Waals surface area contributed by atoms with Gasteiger partial charge in [-0.05, 0) is 24.6 Å². The van der Waals surface area contributed by atoms with Crippen molar-refractivity contribution >= 4 is 5.91 Å². The minimum atomic E-state index is -0.214. The minimum Gasteiger partial charge on any atom is -0.439 e. The number of carbonyl (C=O) groups is 1. The quantitative estimate of drug-likeness (QED) is 0.859. The molecule has 0 aliphatic rings. The number of para-hydroxylation sites is 1. The third-order valence-corrected chi connectivity index (χ3v) is 3.43. The monoisotopic (exact) mass is 299 g/mol. The second-order valence-corrected chi connectivity index (χ2v) is 5.29. The molecule has 0 bridgehead atoms. The summed E-state index contributed by atoms with van der Waals surface area (Å²) in [4.78, 5) is 16.1. The zero-order valence-electron chi connectivity index (χ0n) is 12.8. The molecule has 5 heteroatoms. The molecule has 2 unspecified atom stereocenters. The van der Waals surface area contributed by atoms with Crippen LogP contribution in [0.2, 0.25) is 0 Å². The normalized spacial score (nSPS) is 13.2. The number of benzene rings is 1. The number of nitrogens with one attached hydrogen (secondary N) is 1. The zero-order valence-corrected chi connectivity index (χ0v) is 12.8. The molecule has 2 aromatic rings. The first-order valence-corrected chi connectivity index (χ1v) is 7.27. The fraction of sp³-hybridized carbons (Fsp3) is 0.294. The van der Waals surface area contributed by atoms with Crippen molar-refractivity contribution in [1.29, 1.82) is 0 Å². The number of hydrogen-bond acceptors (Lipinski definition) is 4. The van der Waals surface area contributed by atoms with Crippen LogP contribution in [0.1, 0.15) is 19.4 Å². The maximum Gasteiger partial charge on any atom is 0.224 e. The van der Waals surface area contributed by atoms with E-state index in [1.165, 1.54) is 0 Å². The van der Waals surface area contributed by atoms with Gasteiger partial charge in [0, 0.05) is 30.8 Å². The molecule has 0 aliphatic carbocycles. The number of pyridine rings is 1. The lowest BCUT2D eigenvalue weighted by Crippen LogP contribution is -2.38. The summed E-state index contributed by atoms with van der Waals surface area (Å²) in [5.74, 6) is 0.986. The minimum absolute atomic E-state index is 0.0559. The van der Waals surface area contributed by atoms with Crippen LogP contribution in [0.4, 0.5) is 0 Å². The molecule has 2 rings (SSSR count). The number of carbonyl (C=O) groups excluding carboxylic acids is 1. The largest absolute Gasteiger partial charge is 0.439 e. The van der Waals surface area contributed by atoms with E-state index in [9.17, 15) is 4.79 Å². The smallest absolute Gasteiger partial charge is 0.224 e. The fourth-order valence-corrected chi connectivity index (χ4v) is 1.77. The van der Waals surface area contributed by atoms with E-state index >= 15 is 0 Å². The number of nitrogens with zero attached hydrogens (tertiary/aromatic N) is 1. The van der Waals surface area contributed by atoms with Crippen LogP contribution >= 0.6 is 0 Å². The summed E-state index contributed by atoms with van der Waals surface area (Å²) < 4.78 is 5.61. The molecule has 0 aliphatic heterocycles. The highest BCUT2D eigenvalue weighted by atomic mass is 16.5. The Morgan fingerprint density at radius 2 is 1.95 bits per heavy atom. The van der Waals surface area contributed by atoms with Gasteiger partial charge in [0.05, 0.1) is 0 Å². The van der Waals surface area contributed by atoms with Gasteiger partial charge in [-0.1, -0.05) is 31.2 Å². The van der Waals surface area contributed by atoms with Gasteiger partial charge in [0.1, 0.15) is 5.75 Å². The van der Waals surface area contributed by atoms with E-state index in [4.69, 9.17) is 10.5 Å². The molecule has 1 aromatic heterocycles. The van der Waals surface area contributed by atoms with Crippen LogP contribution in [-0.2, 0) is 11.3 Å². The Balaban J connectivity index is 1.88. The maximum atomic E-state index is 11.8. The molecule has 0 spiro atoms. The molecule has 0 saturated heterocycles. The number of ether oxygens (including phenoxy) is 1. The molecule has 1 heterocycles. The van der Waals surface area contributed by atoms with E-state index in [-0.39, 0.29) is 17.9 Å². The first-order chi connectivity index (χ1) is 10.6. The van der Waals surface area contributed by atoms with Gasteiger partial charge in [-0.15, -0.1) is 0 Å². The van der Waals surface area contributed by atoms with Crippen molar-refractivity contribution in [2.75, 3.05) is 0 Å². The zero-order chi connectivity index (χ0) is 15.9. The summed E-state index contributed by atoms with van der Waals surface area (Å²) >= 11 is 0. The SMILES string of the molecule is CC(N)C(C)C(=O)NCc1ccc(Oc2ccccc2)nc1. The first kappa shape index (κ1) is 16.0. The third kappa shape index (κ3) is 4.56. The van der Waals surface area contributed by atoms with Gasteiger partial charge in [-0.25, -0.2) is 4.98 Å². The number of rotatable bonds is 6. The lowest BCUT2D eigenvalue weighted by molar-refractivity contribution is -0.125. The van der Waals surface area contributed by atoms with Crippen LogP contribution in [0, 0.1) is 5.92 Å². The van der Waals surface area contributed by atoms with Crippen molar-refractivity contribution in [1.82, 2.24) is 10.3 Å². The van der Waals surface area contributed by atoms with Gasteiger partial charge in [-0.2, -0.15) is 0 Å². The molecule has 2 atom stereocenters. The van der Waals surface area contributed by atoms with Crippen LogP contribution in [0.15, 0.2) is 48.7 Å². The van der Waals surface area contributed by atoms with Crippen LogP contribution in [-0.4, -0.2) is 16.9 Å². The first-order valence-electron chi connectivity index (χ1n) is 7.27. The van der Waals surface area contributed by atoms with Crippen LogP contribution < -0.4 is 15.8 Å². The second-order valence-electron chi connectivity index (χ2n) is 5.29. The van der Waals surface area contributed by atoms with Gasteiger partial charge in [0.2, 0.25) is 11.8 Å². The highest BCUT2D eigenvalue weighted by molar-refractivity contribution is 5.78. The van der Waals surface area contributed by atoms with Gasteiger partial charge in [-0.3, -0.25) is 4.79 Å². The number of hydrogen-bond donors (Lipinski definition) is 2. The lowest BCUT2D eigenvalue weighted by atomic mass is 10.0. The fourth-order valence-electron chi connectivity index (χ4n) is 1.77. The van der Waals surface area contributed by atoms with Gasteiger partial charge >= 0.3 is 0 Å². The van der Waals surface area contributed by atoms with Crippen molar-refractivity contribution < 1.29 is 9.53 Å². The van der Waals surface area contributed by atoms with Gasteiger partial charge < -0.3 is 15.8 Å². The maximum absolute atomic E-state index is 11.8. The molecule has 1 aromatic carbocycles. The molecule has 116 valence electrons. The summed E-state index contributed by atoms with van der Waals surface area (Å²) in [6.45, 7) is 4.06. The highest BCUT2D eigenvalue weighted by Gasteiger charge is 2.16. The molecular formula is C17H21N3O2. The van der Waals surface area contributed by atoms with Crippen molar-refractivity contribution in [2.45, 2.75) is 26.4 Å². The van der Waals surface area contributed by atoms with Crippen molar-refractivity contribution in [3.05, 3.63) is 54.2 Å². The predicted molar refractivity (Wildman–Crippen MR) is 85.4 cm³/mol. The number of amides is 1. The summed E-state index contributed by atoms with van der Waals surface area (Å²) in [6, 6.07) is 13.0. The van der Waals surface area contributed by atoms with E-state index in [2.05, 4.69) is 10.3 Å². The highest BCUT2D eigenvalue weighted by Crippen LogP contribution is 2.18. The average molecular weight is 299 g/mol. The average Bonchev–Trinajstić information content (AvgIpc) is 2.54. The van der Waals surface area contributed by atoms with Gasteiger partial charge in [0.25, 0.3) is 0 Å². The Hall–Kier alpha value is -2.40. The molecular weight excluding hydrogens is 278 g/mol. The Morgan fingerprint density at radius 1 is 1.23 bits per heavy atom. The Kier molecular flexibility index (Phi) is 5.49. The molecule has 0 radical (unpaired) electrons. The number of nitrogens with two attached hydrogens (primary N) is 1. The second kappa shape index (κ2) is 7.56. The van der Waals surface area contributed by atoms with Crippen LogP contribution in [0.3, 0.4) is 0 Å². The summed E-state index contributed by atoms with van der Waals surface area (Å²) in [6.07, 6.45) is 1.69.